The van der Waals surface area contributed by atoms with Gasteiger partial charge in [0, 0.05) is 24.2 Å². The average Bonchev–Trinajstić information content (AvgIpc) is 2.47. The number of aryl methyl sites for hydroxylation is 1. The number of fused-ring (bicyclic) bond motifs is 1. The van der Waals surface area contributed by atoms with E-state index < -0.39 is 0 Å². The largest absolute Gasteiger partial charge is 0.298 e. The molecule has 0 aliphatic rings. The second kappa shape index (κ2) is 2.85. The van der Waals surface area contributed by atoms with Crippen LogP contribution >= 0.6 is 11.6 Å². The third-order valence-corrected chi connectivity index (χ3v) is 2.29. The maximum absolute atomic E-state index is 10.6. The molecule has 0 atom stereocenters. The summed E-state index contributed by atoms with van der Waals surface area (Å²) in [6, 6.07) is 3.53. The number of aromatic nitrogens is 2. The summed E-state index contributed by atoms with van der Waals surface area (Å²) in [5, 5.41) is 5.51. The van der Waals surface area contributed by atoms with Crippen LogP contribution < -0.4 is 0 Å². The van der Waals surface area contributed by atoms with Crippen LogP contribution in [-0.2, 0) is 7.05 Å². The molecule has 0 unspecified atom stereocenters. The van der Waals surface area contributed by atoms with Gasteiger partial charge in [-0.3, -0.25) is 9.48 Å². The first-order chi connectivity index (χ1) is 6.22. The molecule has 1 aromatic heterocycles. The van der Waals surface area contributed by atoms with Gasteiger partial charge < -0.3 is 0 Å². The molecular weight excluding hydrogens is 188 g/mol. The third-order valence-electron chi connectivity index (χ3n) is 1.89. The molecule has 0 saturated carbocycles. The first kappa shape index (κ1) is 8.26. The Morgan fingerprint density at radius 2 is 2.31 bits per heavy atom. The highest BCUT2D eigenvalue weighted by Gasteiger charge is 2.07. The van der Waals surface area contributed by atoms with Crippen LogP contribution in [0.2, 0.25) is 5.02 Å². The van der Waals surface area contributed by atoms with Crippen LogP contribution in [0.4, 0.5) is 0 Å². The molecule has 13 heavy (non-hydrogen) atoms. The van der Waals surface area contributed by atoms with Gasteiger partial charge in [-0.1, -0.05) is 17.7 Å². The number of benzene rings is 1. The van der Waals surface area contributed by atoms with E-state index in [0.29, 0.717) is 16.1 Å². The van der Waals surface area contributed by atoms with Crippen LogP contribution in [0, 0.1) is 0 Å². The Morgan fingerprint density at radius 1 is 1.54 bits per heavy atom. The molecule has 4 heteroatoms. The second-order valence-corrected chi connectivity index (χ2v) is 3.21. The molecule has 66 valence electrons. The number of nitrogens with zero attached hydrogens (tertiary/aromatic N) is 2. The molecular formula is C9H7ClN2O. The van der Waals surface area contributed by atoms with Crippen molar-refractivity contribution in [2.75, 3.05) is 0 Å². The molecule has 0 radical (unpaired) electrons. The van der Waals surface area contributed by atoms with E-state index in [4.69, 9.17) is 11.6 Å². The van der Waals surface area contributed by atoms with E-state index in [2.05, 4.69) is 5.10 Å². The smallest absolute Gasteiger partial charge is 0.151 e. The maximum atomic E-state index is 10.6. The van der Waals surface area contributed by atoms with E-state index >= 15 is 0 Å². The zero-order chi connectivity index (χ0) is 9.42. The summed E-state index contributed by atoms with van der Waals surface area (Å²) in [4.78, 5) is 10.6. The van der Waals surface area contributed by atoms with Crippen LogP contribution in [0.5, 0.6) is 0 Å². The maximum Gasteiger partial charge on any atom is 0.151 e. The van der Waals surface area contributed by atoms with E-state index in [-0.39, 0.29) is 0 Å². The van der Waals surface area contributed by atoms with Crippen LogP contribution in [-0.4, -0.2) is 16.1 Å². The Morgan fingerprint density at radius 3 is 3.00 bits per heavy atom. The number of carbonyl (C=O) groups is 1. The van der Waals surface area contributed by atoms with Gasteiger partial charge in [0.05, 0.1) is 5.02 Å². The van der Waals surface area contributed by atoms with Gasteiger partial charge in [0.2, 0.25) is 0 Å². The van der Waals surface area contributed by atoms with Crippen LogP contribution in [0.25, 0.3) is 10.9 Å². The number of carbonyl (C=O) groups excluding carboxylic acids is 1. The van der Waals surface area contributed by atoms with Crippen molar-refractivity contribution in [3.8, 4) is 0 Å². The minimum absolute atomic E-state index is 0.424. The lowest BCUT2D eigenvalue weighted by Crippen LogP contribution is -1.86. The minimum atomic E-state index is 0.424. The van der Waals surface area contributed by atoms with E-state index in [1.54, 1.807) is 10.7 Å². The molecule has 0 amide bonds. The molecule has 2 rings (SSSR count). The van der Waals surface area contributed by atoms with Crippen LogP contribution in [0.3, 0.4) is 0 Å². The lowest BCUT2D eigenvalue weighted by molar-refractivity contribution is 0.112. The van der Waals surface area contributed by atoms with Gasteiger partial charge in [-0.15, -0.1) is 0 Å². The van der Waals surface area contributed by atoms with Gasteiger partial charge >= 0.3 is 0 Å². The summed E-state index contributed by atoms with van der Waals surface area (Å²) < 4.78 is 1.67. The van der Waals surface area contributed by atoms with Gasteiger partial charge in [0.25, 0.3) is 0 Å². The zero-order valence-electron chi connectivity index (χ0n) is 6.99. The van der Waals surface area contributed by atoms with E-state index in [9.17, 15) is 4.79 Å². The summed E-state index contributed by atoms with van der Waals surface area (Å²) >= 11 is 5.95. The quantitative estimate of drug-likeness (QED) is 0.652. The van der Waals surface area contributed by atoms with Crippen molar-refractivity contribution >= 4 is 28.8 Å². The topological polar surface area (TPSA) is 34.9 Å². The van der Waals surface area contributed by atoms with Crippen molar-refractivity contribution in [1.82, 2.24) is 9.78 Å². The first-order valence-electron chi connectivity index (χ1n) is 3.79. The molecule has 0 fully saturated rings. The highest BCUT2D eigenvalue weighted by atomic mass is 35.5. The number of aldehydes is 1. The minimum Gasteiger partial charge on any atom is -0.298 e. The van der Waals surface area contributed by atoms with Crippen LogP contribution in [0.1, 0.15) is 10.4 Å². The molecule has 0 N–H and O–H groups in total. The Kier molecular flexibility index (Phi) is 1.81. The molecule has 0 aliphatic carbocycles. The number of hydrogen-bond donors (Lipinski definition) is 0. The van der Waals surface area contributed by atoms with E-state index in [0.717, 1.165) is 11.7 Å². The normalized spacial score (nSPS) is 10.6. The summed E-state index contributed by atoms with van der Waals surface area (Å²) in [6.07, 6.45) is 2.59. The number of rotatable bonds is 1. The Labute approximate surface area is 79.9 Å². The fourth-order valence-corrected chi connectivity index (χ4v) is 1.53. The predicted molar refractivity (Wildman–Crippen MR) is 51.1 cm³/mol. The van der Waals surface area contributed by atoms with Crippen molar-refractivity contribution in [2.45, 2.75) is 0 Å². The van der Waals surface area contributed by atoms with E-state index in [1.807, 2.05) is 19.3 Å². The van der Waals surface area contributed by atoms with Gasteiger partial charge in [-0.25, -0.2) is 0 Å². The third kappa shape index (κ3) is 1.21. The van der Waals surface area contributed by atoms with Crippen molar-refractivity contribution < 1.29 is 4.79 Å². The van der Waals surface area contributed by atoms with E-state index in [1.165, 1.54) is 0 Å². The lowest BCUT2D eigenvalue weighted by atomic mass is 10.2. The molecule has 2 aromatic rings. The highest BCUT2D eigenvalue weighted by Crippen LogP contribution is 2.24. The van der Waals surface area contributed by atoms with Gasteiger partial charge in [-0.05, 0) is 6.07 Å². The molecule has 0 spiro atoms. The summed E-state index contributed by atoms with van der Waals surface area (Å²) in [5.41, 5.74) is 1.15. The molecule has 0 saturated heterocycles. The van der Waals surface area contributed by atoms with Crippen molar-refractivity contribution in [3.05, 3.63) is 28.9 Å². The van der Waals surface area contributed by atoms with Gasteiger partial charge in [0.15, 0.2) is 6.29 Å². The predicted octanol–water partition coefficient (Wildman–Crippen LogP) is 2.04. The Hall–Kier alpha value is -1.35. The van der Waals surface area contributed by atoms with Gasteiger partial charge in [-0.2, -0.15) is 5.10 Å². The second-order valence-electron chi connectivity index (χ2n) is 2.83. The Balaban J connectivity index is 2.85. The first-order valence-corrected chi connectivity index (χ1v) is 4.17. The lowest BCUT2D eigenvalue weighted by Gasteiger charge is -1.94. The monoisotopic (exact) mass is 194 g/mol. The summed E-state index contributed by atoms with van der Waals surface area (Å²) in [7, 11) is 1.82. The number of halogens is 1. The summed E-state index contributed by atoms with van der Waals surface area (Å²) in [5.74, 6) is 0. The van der Waals surface area contributed by atoms with Gasteiger partial charge in [0.1, 0.15) is 5.52 Å². The molecule has 0 aliphatic heterocycles. The zero-order valence-corrected chi connectivity index (χ0v) is 7.75. The standard InChI is InChI=1S/C9H7ClN2O/c1-12-4-6-2-3-7(5-13)8(10)9(6)11-12/h2-5H,1H3. The summed E-state index contributed by atoms with van der Waals surface area (Å²) in [6.45, 7) is 0. The van der Waals surface area contributed by atoms with Crippen molar-refractivity contribution in [1.29, 1.82) is 0 Å². The fraction of sp³-hybridized carbons (Fsp3) is 0.111. The van der Waals surface area contributed by atoms with Crippen LogP contribution in [0.15, 0.2) is 18.3 Å². The van der Waals surface area contributed by atoms with Crippen molar-refractivity contribution in [2.24, 2.45) is 7.05 Å². The molecule has 1 heterocycles. The average molecular weight is 195 g/mol. The molecule has 3 nitrogen and oxygen atoms in total. The number of hydrogen-bond acceptors (Lipinski definition) is 2. The Bertz CT molecular complexity index is 476. The van der Waals surface area contributed by atoms with Crippen molar-refractivity contribution in [3.63, 3.8) is 0 Å². The molecule has 1 aromatic carbocycles. The SMILES string of the molecule is Cn1cc2ccc(C=O)c(Cl)c2n1. The highest BCUT2D eigenvalue weighted by molar-refractivity contribution is 6.37. The fourth-order valence-electron chi connectivity index (χ4n) is 1.28. The molecule has 0 bridgehead atoms.